The van der Waals surface area contributed by atoms with Crippen molar-refractivity contribution in [2.45, 2.75) is 25.9 Å². The van der Waals surface area contributed by atoms with E-state index in [1.165, 1.54) is 12.1 Å². The Morgan fingerprint density at radius 2 is 1.63 bits per heavy atom. The summed E-state index contributed by atoms with van der Waals surface area (Å²) in [6.07, 6.45) is 3.37. The van der Waals surface area contributed by atoms with Crippen LogP contribution in [-0.4, -0.2) is 37.0 Å². The third-order valence-corrected chi connectivity index (χ3v) is 5.82. The molecule has 27 heavy (non-hydrogen) atoms. The lowest BCUT2D eigenvalue weighted by Gasteiger charge is -2.39. The van der Waals surface area contributed by atoms with Gasteiger partial charge < -0.3 is 14.5 Å². The minimum absolute atomic E-state index is 0.300. The molecule has 0 aromatic heterocycles. The largest absolute Gasteiger partial charge is 0.489 e. The Bertz CT molecular complexity index is 764. The van der Waals surface area contributed by atoms with E-state index in [9.17, 15) is 4.79 Å². The van der Waals surface area contributed by atoms with E-state index in [0.717, 1.165) is 55.4 Å². The van der Waals surface area contributed by atoms with E-state index in [0.29, 0.717) is 18.4 Å². The number of piperazine rings is 1. The SMILES string of the molecule is O=C(C1CCC1)N1CCN(c2ccc(OCc3ccc(Cl)cc3)cc2)CC1. The summed E-state index contributed by atoms with van der Waals surface area (Å²) < 4.78 is 5.85. The van der Waals surface area contributed by atoms with Crippen LogP contribution in [0.25, 0.3) is 0 Å². The predicted molar refractivity (Wildman–Crippen MR) is 108 cm³/mol. The third kappa shape index (κ3) is 4.38. The summed E-state index contributed by atoms with van der Waals surface area (Å²) in [5.74, 6) is 1.52. The molecule has 0 radical (unpaired) electrons. The first-order valence-electron chi connectivity index (χ1n) is 9.70. The molecule has 0 bridgehead atoms. The molecule has 1 aliphatic heterocycles. The highest BCUT2D eigenvalue weighted by Gasteiger charge is 2.31. The van der Waals surface area contributed by atoms with Crippen LogP contribution in [0, 0.1) is 5.92 Å². The quantitative estimate of drug-likeness (QED) is 0.767. The Labute approximate surface area is 165 Å². The number of carbonyl (C=O) groups excluding carboxylic acids is 1. The molecule has 1 saturated heterocycles. The number of ether oxygens (including phenoxy) is 1. The molecule has 2 fully saturated rings. The molecule has 1 aliphatic carbocycles. The van der Waals surface area contributed by atoms with Crippen molar-refractivity contribution >= 4 is 23.2 Å². The Balaban J connectivity index is 1.27. The maximum Gasteiger partial charge on any atom is 0.225 e. The molecule has 2 aromatic carbocycles. The van der Waals surface area contributed by atoms with Crippen molar-refractivity contribution in [1.29, 1.82) is 0 Å². The fourth-order valence-electron chi connectivity index (χ4n) is 3.60. The Kier molecular flexibility index (Phi) is 5.53. The molecule has 2 aromatic rings. The van der Waals surface area contributed by atoms with E-state index in [-0.39, 0.29) is 0 Å². The van der Waals surface area contributed by atoms with Crippen molar-refractivity contribution in [1.82, 2.24) is 4.90 Å². The summed E-state index contributed by atoms with van der Waals surface area (Å²) >= 11 is 5.90. The second kappa shape index (κ2) is 8.22. The topological polar surface area (TPSA) is 32.8 Å². The van der Waals surface area contributed by atoms with Gasteiger partial charge in [-0.05, 0) is 54.8 Å². The number of amides is 1. The van der Waals surface area contributed by atoms with Crippen molar-refractivity contribution in [2.75, 3.05) is 31.1 Å². The summed E-state index contributed by atoms with van der Waals surface area (Å²) in [5, 5.41) is 0.734. The van der Waals surface area contributed by atoms with Gasteiger partial charge in [-0.2, -0.15) is 0 Å². The van der Waals surface area contributed by atoms with Crippen molar-refractivity contribution in [3.05, 3.63) is 59.1 Å². The molecule has 4 rings (SSSR count). The molecule has 1 heterocycles. The molecule has 1 saturated carbocycles. The lowest BCUT2D eigenvalue weighted by Crippen LogP contribution is -2.51. The minimum Gasteiger partial charge on any atom is -0.489 e. The van der Waals surface area contributed by atoms with Crippen LogP contribution >= 0.6 is 11.6 Å². The van der Waals surface area contributed by atoms with Crippen LogP contribution in [0.3, 0.4) is 0 Å². The number of halogens is 1. The highest BCUT2D eigenvalue weighted by molar-refractivity contribution is 6.30. The summed E-state index contributed by atoms with van der Waals surface area (Å²) in [7, 11) is 0. The summed E-state index contributed by atoms with van der Waals surface area (Å²) in [4.78, 5) is 16.7. The summed E-state index contributed by atoms with van der Waals surface area (Å²) in [6.45, 7) is 3.96. The Morgan fingerprint density at radius 1 is 0.963 bits per heavy atom. The number of nitrogens with zero attached hydrogens (tertiary/aromatic N) is 2. The molecule has 0 atom stereocenters. The van der Waals surface area contributed by atoms with Gasteiger partial charge in [-0.15, -0.1) is 0 Å². The number of benzene rings is 2. The minimum atomic E-state index is 0.300. The molecule has 2 aliphatic rings. The van der Waals surface area contributed by atoms with E-state index in [2.05, 4.69) is 17.0 Å². The molecular weight excluding hydrogens is 360 g/mol. The van der Waals surface area contributed by atoms with Gasteiger partial charge in [0.1, 0.15) is 12.4 Å². The van der Waals surface area contributed by atoms with E-state index < -0.39 is 0 Å². The molecule has 4 nitrogen and oxygen atoms in total. The number of rotatable bonds is 5. The smallest absolute Gasteiger partial charge is 0.225 e. The van der Waals surface area contributed by atoms with Crippen LogP contribution in [-0.2, 0) is 11.4 Å². The van der Waals surface area contributed by atoms with Crippen molar-refractivity contribution in [3.8, 4) is 5.75 Å². The van der Waals surface area contributed by atoms with Crippen LogP contribution in [0.2, 0.25) is 5.02 Å². The van der Waals surface area contributed by atoms with Gasteiger partial charge in [-0.3, -0.25) is 4.79 Å². The van der Waals surface area contributed by atoms with Crippen LogP contribution in [0.4, 0.5) is 5.69 Å². The molecular formula is C22H25ClN2O2. The highest BCUT2D eigenvalue weighted by atomic mass is 35.5. The maximum atomic E-state index is 12.4. The first-order valence-corrected chi connectivity index (χ1v) is 10.1. The molecule has 142 valence electrons. The number of hydrogen-bond donors (Lipinski definition) is 0. The second-order valence-corrected chi connectivity index (χ2v) is 7.79. The van der Waals surface area contributed by atoms with Gasteiger partial charge in [-0.1, -0.05) is 30.2 Å². The molecule has 0 spiro atoms. The number of hydrogen-bond acceptors (Lipinski definition) is 3. The standard InChI is InChI=1S/C22H25ClN2O2/c23-19-6-4-17(5-7-19)16-27-21-10-8-20(9-11-21)24-12-14-25(15-13-24)22(26)18-2-1-3-18/h4-11,18H,1-3,12-16H2. The number of anilines is 1. The van der Waals surface area contributed by atoms with Crippen molar-refractivity contribution in [3.63, 3.8) is 0 Å². The average Bonchev–Trinajstić information content (AvgIpc) is 2.67. The van der Waals surface area contributed by atoms with Crippen LogP contribution < -0.4 is 9.64 Å². The van der Waals surface area contributed by atoms with Gasteiger partial charge in [-0.25, -0.2) is 0 Å². The lowest BCUT2D eigenvalue weighted by atomic mass is 9.84. The first kappa shape index (κ1) is 18.2. The van der Waals surface area contributed by atoms with Gasteiger partial charge in [0.2, 0.25) is 5.91 Å². The fourth-order valence-corrected chi connectivity index (χ4v) is 3.72. The lowest BCUT2D eigenvalue weighted by molar-refractivity contribution is -0.138. The third-order valence-electron chi connectivity index (χ3n) is 5.57. The predicted octanol–water partition coefficient (Wildman–Crippen LogP) is 4.37. The first-order chi connectivity index (χ1) is 13.2. The molecule has 1 amide bonds. The van der Waals surface area contributed by atoms with Crippen LogP contribution in [0.1, 0.15) is 24.8 Å². The van der Waals surface area contributed by atoms with E-state index in [1.54, 1.807) is 0 Å². The summed E-state index contributed by atoms with van der Waals surface area (Å²) in [6, 6.07) is 15.9. The zero-order chi connectivity index (χ0) is 18.6. The van der Waals surface area contributed by atoms with Gasteiger partial charge >= 0.3 is 0 Å². The maximum absolute atomic E-state index is 12.4. The molecule has 0 N–H and O–H groups in total. The van der Waals surface area contributed by atoms with E-state index >= 15 is 0 Å². The van der Waals surface area contributed by atoms with Gasteiger partial charge in [0.25, 0.3) is 0 Å². The highest BCUT2D eigenvalue weighted by Crippen LogP contribution is 2.29. The van der Waals surface area contributed by atoms with Gasteiger partial charge in [0.15, 0.2) is 0 Å². The monoisotopic (exact) mass is 384 g/mol. The van der Waals surface area contributed by atoms with Crippen LogP contribution in [0.15, 0.2) is 48.5 Å². The van der Waals surface area contributed by atoms with Crippen molar-refractivity contribution in [2.24, 2.45) is 5.92 Å². The Morgan fingerprint density at radius 3 is 2.22 bits per heavy atom. The van der Waals surface area contributed by atoms with Crippen LogP contribution in [0.5, 0.6) is 5.75 Å². The molecule has 5 heteroatoms. The fraction of sp³-hybridized carbons (Fsp3) is 0.409. The summed E-state index contributed by atoms with van der Waals surface area (Å²) in [5.41, 5.74) is 2.28. The van der Waals surface area contributed by atoms with Gasteiger partial charge in [0.05, 0.1) is 0 Å². The van der Waals surface area contributed by atoms with E-state index in [4.69, 9.17) is 16.3 Å². The average molecular weight is 385 g/mol. The normalized spacial score (nSPS) is 17.5. The van der Waals surface area contributed by atoms with Crippen molar-refractivity contribution < 1.29 is 9.53 Å². The van der Waals surface area contributed by atoms with E-state index in [1.807, 2.05) is 41.3 Å². The Hall–Kier alpha value is -2.20. The second-order valence-electron chi connectivity index (χ2n) is 7.35. The molecule has 0 unspecified atom stereocenters. The zero-order valence-electron chi connectivity index (χ0n) is 15.4. The van der Waals surface area contributed by atoms with Gasteiger partial charge in [0, 0.05) is 42.8 Å². The number of carbonyl (C=O) groups is 1. The zero-order valence-corrected chi connectivity index (χ0v) is 16.2.